The van der Waals surface area contributed by atoms with E-state index in [0.29, 0.717) is 18.8 Å². The van der Waals surface area contributed by atoms with Gasteiger partial charge in [-0.25, -0.2) is 0 Å². The highest BCUT2D eigenvalue weighted by Crippen LogP contribution is 2.20. The van der Waals surface area contributed by atoms with Crippen molar-refractivity contribution in [2.45, 2.75) is 19.4 Å². The molecule has 4 heteroatoms. The molecule has 0 saturated carbocycles. The Hall–Kier alpha value is -0.890. The predicted octanol–water partition coefficient (Wildman–Crippen LogP) is 3.11. The molecule has 0 rings (SSSR count). The lowest BCUT2D eigenvalue weighted by molar-refractivity contribution is 0.107. The van der Waals surface area contributed by atoms with Gasteiger partial charge in [-0.05, 0) is 18.6 Å². The van der Waals surface area contributed by atoms with E-state index in [1.807, 2.05) is 6.92 Å². The number of allylic oxidation sites excluding steroid dienone is 5. The second kappa shape index (κ2) is 10.6. The molecule has 2 unspecified atom stereocenters. The van der Waals surface area contributed by atoms with E-state index in [-0.39, 0.29) is 9.03 Å². The lowest BCUT2D eigenvalue weighted by Gasteiger charge is -2.09. The van der Waals surface area contributed by atoms with Crippen molar-refractivity contribution in [3.63, 3.8) is 0 Å². The average molecular weight is 242 g/mol. The zero-order chi connectivity index (χ0) is 12.2. The number of aliphatic hydroxyl groups excluding tert-OH is 1. The molecule has 0 aliphatic carbocycles. The van der Waals surface area contributed by atoms with Crippen LogP contribution in [0.5, 0.6) is 0 Å². The van der Waals surface area contributed by atoms with Crippen molar-refractivity contribution in [2.24, 2.45) is 0 Å². The summed E-state index contributed by atoms with van der Waals surface area (Å²) in [4.78, 5) is 0. The molecule has 0 aromatic rings. The summed E-state index contributed by atoms with van der Waals surface area (Å²) in [7, 11) is -0.132. The highest BCUT2D eigenvalue weighted by molar-refractivity contribution is 7.26. The zero-order valence-electron chi connectivity index (χ0n) is 9.56. The minimum atomic E-state index is -0.424. The summed E-state index contributed by atoms with van der Waals surface area (Å²) in [5, 5.41) is 9.23. The van der Waals surface area contributed by atoms with Crippen LogP contribution < -0.4 is 0 Å². The van der Waals surface area contributed by atoms with Crippen LogP contribution in [0, 0.1) is 0 Å². The third kappa shape index (κ3) is 8.42. The molecule has 0 aromatic carbocycles. The van der Waals surface area contributed by atoms with Gasteiger partial charge in [0.2, 0.25) is 9.03 Å². The number of hydrogen-bond acceptors (Lipinski definition) is 3. The standard InChI is InChI=1S/C12H19O3P/c1-4-7-9-12(8-5-2)15-16-14-10-11(13)6-3/h4-5,7-9,11,13,16H,1-2,6,10H2,3H3/b9-7-,12-8+. The summed E-state index contributed by atoms with van der Waals surface area (Å²) in [5.74, 6) is 0.652. The van der Waals surface area contributed by atoms with Crippen molar-refractivity contribution in [1.29, 1.82) is 0 Å². The first kappa shape index (κ1) is 15.1. The minimum absolute atomic E-state index is 0.132. The van der Waals surface area contributed by atoms with Gasteiger partial charge in [0.25, 0.3) is 0 Å². The Morgan fingerprint density at radius 2 is 2.19 bits per heavy atom. The van der Waals surface area contributed by atoms with E-state index in [9.17, 15) is 5.11 Å². The summed E-state index contributed by atoms with van der Waals surface area (Å²) in [5.41, 5.74) is 0. The third-order valence-corrected chi connectivity index (χ3v) is 2.25. The van der Waals surface area contributed by atoms with Crippen LogP contribution in [-0.2, 0) is 9.05 Å². The Morgan fingerprint density at radius 3 is 2.75 bits per heavy atom. The zero-order valence-corrected chi connectivity index (χ0v) is 10.6. The molecule has 0 heterocycles. The van der Waals surface area contributed by atoms with E-state index < -0.39 is 6.10 Å². The Morgan fingerprint density at radius 1 is 1.44 bits per heavy atom. The first-order valence-corrected chi connectivity index (χ1v) is 5.89. The van der Waals surface area contributed by atoms with Crippen LogP contribution in [0.1, 0.15) is 13.3 Å². The van der Waals surface area contributed by atoms with Crippen LogP contribution in [0.15, 0.2) is 49.3 Å². The fraction of sp³-hybridized carbons (Fsp3) is 0.333. The predicted molar refractivity (Wildman–Crippen MR) is 69.3 cm³/mol. The maximum absolute atomic E-state index is 9.23. The first-order chi connectivity index (χ1) is 7.74. The number of rotatable bonds is 9. The molecule has 0 aliphatic heterocycles. The largest absolute Gasteiger partial charge is 0.450 e. The third-order valence-electron chi connectivity index (χ3n) is 1.64. The molecule has 90 valence electrons. The highest BCUT2D eigenvalue weighted by atomic mass is 31.1. The molecule has 0 fully saturated rings. The van der Waals surface area contributed by atoms with Gasteiger partial charge in [0.15, 0.2) is 0 Å². The van der Waals surface area contributed by atoms with E-state index in [4.69, 9.17) is 9.05 Å². The lowest BCUT2D eigenvalue weighted by atomic mass is 10.3. The van der Waals surface area contributed by atoms with E-state index in [1.165, 1.54) is 0 Å². The van der Waals surface area contributed by atoms with Crippen molar-refractivity contribution in [3.8, 4) is 0 Å². The summed E-state index contributed by atoms with van der Waals surface area (Å²) in [6.45, 7) is 9.34. The van der Waals surface area contributed by atoms with Gasteiger partial charge in [0, 0.05) is 0 Å². The molecule has 2 atom stereocenters. The van der Waals surface area contributed by atoms with E-state index >= 15 is 0 Å². The van der Waals surface area contributed by atoms with Crippen molar-refractivity contribution >= 4 is 9.03 Å². The Labute approximate surface area is 99.1 Å². The van der Waals surface area contributed by atoms with Crippen molar-refractivity contribution in [3.05, 3.63) is 49.3 Å². The molecule has 0 aliphatic rings. The quantitative estimate of drug-likeness (QED) is 0.292. The molecule has 0 radical (unpaired) electrons. The molecule has 0 bridgehead atoms. The fourth-order valence-electron chi connectivity index (χ4n) is 0.728. The average Bonchev–Trinajstić information content (AvgIpc) is 2.30. The molecule has 3 nitrogen and oxygen atoms in total. The summed E-state index contributed by atoms with van der Waals surface area (Å²) >= 11 is 0. The van der Waals surface area contributed by atoms with Crippen LogP contribution in [0.2, 0.25) is 0 Å². The van der Waals surface area contributed by atoms with Gasteiger partial charge >= 0.3 is 0 Å². The Kier molecular flexibility index (Phi) is 10.0. The topological polar surface area (TPSA) is 38.7 Å². The van der Waals surface area contributed by atoms with Gasteiger partial charge < -0.3 is 14.2 Å². The summed E-state index contributed by atoms with van der Waals surface area (Å²) in [6.07, 6.45) is 8.80. The van der Waals surface area contributed by atoms with Crippen molar-refractivity contribution in [2.75, 3.05) is 6.61 Å². The van der Waals surface area contributed by atoms with E-state index in [0.717, 1.165) is 0 Å². The maximum atomic E-state index is 9.23. The van der Waals surface area contributed by atoms with Gasteiger partial charge in [-0.3, -0.25) is 0 Å². The Balaban J connectivity index is 3.85. The molecule has 1 N–H and O–H groups in total. The maximum Gasteiger partial charge on any atom is 0.215 e. The molecule has 0 saturated heterocycles. The highest BCUT2D eigenvalue weighted by Gasteiger charge is 2.00. The molecule has 0 amide bonds. The second-order valence-electron chi connectivity index (χ2n) is 2.96. The van der Waals surface area contributed by atoms with Crippen LogP contribution in [0.3, 0.4) is 0 Å². The Bertz CT molecular complexity index is 259. The van der Waals surface area contributed by atoms with Crippen molar-refractivity contribution < 1.29 is 14.2 Å². The number of hydrogen-bond donors (Lipinski definition) is 1. The summed E-state index contributed by atoms with van der Waals surface area (Å²) in [6, 6.07) is 0. The first-order valence-electron chi connectivity index (χ1n) is 5.08. The van der Waals surface area contributed by atoms with E-state index in [2.05, 4.69) is 13.2 Å². The van der Waals surface area contributed by atoms with Gasteiger partial charge in [-0.1, -0.05) is 38.3 Å². The van der Waals surface area contributed by atoms with Crippen LogP contribution in [-0.4, -0.2) is 17.8 Å². The number of aliphatic hydroxyl groups is 1. The monoisotopic (exact) mass is 242 g/mol. The van der Waals surface area contributed by atoms with Gasteiger partial charge in [0.05, 0.1) is 12.7 Å². The SMILES string of the molecule is C=C/C=C\C(=C/C=C)OPOCC(O)CC. The van der Waals surface area contributed by atoms with Crippen LogP contribution in [0.25, 0.3) is 0 Å². The van der Waals surface area contributed by atoms with Crippen molar-refractivity contribution in [1.82, 2.24) is 0 Å². The van der Waals surface area contributed by atoms with Gasteiger partial charge in [0.1, 0.15) is 5.76 Å². The normalized spacial score (nSPS) is 14.5. The van der Waals surface area contributed by atoms with Gasteiger partial charge in [-0.15, -0.1) is 0 Å². The molecule has 16 heavy (non-hydrogen) atoms. The van der Waals surface area contributed by atoms with Crippen LogP contribution in [0.4, 0.5) is 0 Å². The van der Waals surface area contributed by atoms with Crippen LogP contribution >= 0.6 is 9.03 Å². The molecular weight excluding hydrogens is 223 g/mol. The molecular formula is C12H19O3P. The smallest absolute Gasteiger partial charge is 0.215 e. The van der Waals surface area contributed by atoms with Gasteiger partial charge in [-0.2, -0.15) is 0 Å². The fourth-order valence-corrected chi connectivity index (χ4v) is 1.28. The second-order valence-corrected chi connectivity index (χ2v) is 3.62. The van der Waals surface area contributed by atoms with E-state index in [1.54, 1.807) is 30.4 Å². The lowest BCUT2D eigenvalue weighted by Crippen LogP contribution is -2.10. The summed E-state index contributed by atoms with van der Waals surface area (Å²) < 4.78 is 10.5. The minimum Gasteiger partial charge on any atom is -0.450 e. The molecule has 0 spiro atoms. The molecule has 0 aromatic heterocycles.